The molecule has 36 heavy (non-hydrogen) atoms. The Morgan fingerprint density at radius 1 is 0.806 bits per heavy atom. The molecule has 1 aromatic heterocycles. The number of pyridine rings is 1. The number of hydrogen-bond donors (Lipinski definition) is 1. The molecule has 0 bridgehead atoms. The Morgan fingerprint density at radius 2 is 1.53 bits per heavy atom. The summed E-state index contributed by atoms with van der Waals surface area (Å²) < 4.78 is 17.8. The molecule has 0 saturated heterocycles. The number of ether oxygens (including phenoxy) is 3. The van der Waals surface area contributed by atoms with Crippen LogP contribution in [0.4, 0.5) is 5.69 Å². The second-order valence-electron chi connectivity index (χ2n) is 8.05. The molecule has 1 amide bonds. The van der Waals surface area contributed by atoms with E-state index >= 15 is 0 Å². The summed E-state index contributed by atoms with van der Waals surface area (Å²) in [6.07, 6.45) is 1.69. The van der Waals surface area contributed by atoms with Crippen LogP contribution in [0.5, 0.6) is 23.0 Å². The van der Waals surface area contributed by atoms with Gasteiger partial charge in [0.25, 0.3) is 5.91 Å². The monoisotopic (exact) mass is 476 g/mol. The SMILES string of the molecule is COc1cc2c(Oc3ccc(NC(=O)c4ccccc4)cc3)ccnc2cc1OCc1ccccc1. The van der Waals surface area contributed by atoms with Crippen LogP contribution in [0.25, 0.3) is 10.9 Å². The van der Waals surface area contributed by atoms with Crippen molar-refractivity contribution in [1.82, 2.24) is 4.98 Å². The van der Waals surface area contributed by atoms with E-state index in [-0.39, 0.29) is 5.91 Å². The van der Waals surface area contributed by atoms with Crippen LogP contribution in [0.15, 0.2) is 109 Å². The first kappa shape index (κ1) is 22.9. The van der Waals surface area contributed by atoms with E-state index in [0.29, 0.717) is 40.9 Å². The smallest absolute Gasteiger partial charge is 0.255 e. The Morgan fingerprint density at radius 3 is 2.25 bits per heavy atom. The number of anilines is 1. The minimum absolute atomic E-state index is 0.165. The Kier molecular flexibility index (Phi) is 6.76. The molecule has 0 aliphatic heterocycles. The summed E-state index contributed by atoms with van der Waals surface area (Å²) in [4.78, 5) is 16.9. The van der Waals surface area contributed by atoms with Gasteiger partial charge in [0.15, 0.2) is 11.5 Å². The molecule has 0 radical (unpaired) electrons. The zero-order chi connectivity index (χ0) is 24.7. The lowest BCUT2D eigenvalue weighted by Gasteiger charge is -2.14. The van der Waals surface area contributed by atoms with E-state index in [4.69, 9.17) is 14.2 Å². The summed E-state index contributed by atoms with van der Waals surface area (Å²) in [6.45, 7) is 0.423. The van der Waals surface area contributed by atoms with Crippen LogP contribution < -0.4 is 19.5 Å². The normalized spacial score (nSPS) is 10.6. The summed E-state index contributed by atoms with van der Waals surface area (Å²) in [7, 11) is 1.61. The molecule has 5 aromatic rings. The van der Waals surface area contributed by atoms with E-state index < -0.39 is 0 Å². The first-order valence-corrected chi connectivity index (χ1v) is 11.5. The molecule has 0 spiro atoms. The summed E-state index contributed by atoms with van der Waals surface area (Å²) in [6, 6.07) is 31.8. The lowest BCUT2D eigenvalue weighted by atomic mass is 10.1. The van der Waals surface area contributed by atoms with Crippen molar-refractivity contribution in [3.63, 3.8) is 0 Å². The number of aromatic nitrogens is 1. The second-order valence-corrected chi connectivity index (χ2v) is 8.05. The number of hydrogen-bond acceptors (Lipinski definition) is 5. The van der Waals surface area contributed by atoms with Crippen molar-refractivity contribution in [2.45, 2.75) is 6.61 Å². The average molecular weight is 477 g/mol. The van der Waals surface area contributed by atoms with Gasteiger partial charge in [-0.3, -0.25) is 9.78 Å². The fourth-order valence-electron chi connectivity index (χ4n) is 3.75. The number of methoxy groups -OCH3 is 1. The molecule has 0 saturated carbocycles. The highest BCUT2D eigenvalue weighted by molar-refractivity contribution is 6.04. The van der Waals surface area contributed by atoms with Gasteiger partial charge in [-0.1, -0.05) is 48.5 Å². The first-order valence-electron chi connectivity index (χ1n) is 11.5. The van der Waals surface area contributed by atoms with Crippen molar-refractivity contribution in [1.29, 1.82) is 0 Å². The molecule has 178 valence electrons. The van der Waals surface area contributed by atoms with Gasteiger partial charge in [0, 0.05) is 28.9 Å². The standard InChI is InChI=1S/C30H24N2O4/c1-34-28-18-25-26(19-29(28)35-20-21-8-4-2-5-9-21)31-17-16-27(25)36-24-14-12-23(13-15-24)32-30(33)22-10-6-3-7-11-22/h2-19H,20H2,1H3,(H,32,33). The van der Waals surface area contributed by atoms with E-state index in [9.17, 15) is 4.79 Å². The Labute approximate surface area is 209 Å². The van der Waals surface area contributed by atoms with E-state index in [2.05, 4.69) is 10.3 Å². The van der Waals surface area contributed by atoms with Gasteiger partial charge in [0.2, 0.25) is 0 Å². The van der Waals surface area contributed by atoms with Gasteiger partial charge >= 0.3 is 0 Å². The van der Waals surface area contributed by atoms with E-state index in [1.165, 1.54) is 0 Å². The summed E-state index contributed by atoms with van der Waals surface area (Å²) in [5, 5.41) is 3.68. The van der Waals surface area contributed by atoms with Crippen LogP contribution in [0.1, 0.15) is 15.9 Å². The molecule has 0 atom stereocenters. The lowest BCUT2D eigenvalue weighted by Crippen LogP contribution is -2.11. The maximum Gasteiger partial charge on any atom is 0.255 e. The van der Waals surface area contributed by atoms with Gasteiger partial charge < -0.3 is 19.5 Å². The number of nitrogens with zero attached hydrogens (tertiary/aromatic N) is 1. The van der Waals surface area contributed by atoms with Crippen LogP contribution in [0.2, 0.25) is 0 Å². The second kappa shape index (κ2) is 10.6. The van der Waals surface area contributed by atoms with Crippen molar-refractivity contribution in [2.24, 2.45) is 0 Å². The molecule has 0 unspecified atom stereocenters. The average Bonchev–Trinajstić information content (AvgIpc) is 2.93. The van der Waals surface area contributed by atoms with Crippen molar-refractivity contribution >= 4 is 22.5 Å². The number of nitrogens with one attached hydrogen (secondary N) is 1. The largest absolute Gasteiger partial charge is 0.493 e. The molecule has 6 nitrogen and oxygen atoms in total. The highest BCUT2D eigenvalue weighted by atomic mass is 16.5. The lowest BCUT2D eigenvalue weighted by molar-refractivity contribution is 0.102. The number of carbonyl (C=O) groups is 1. The van der Waals surface area contributed by atoms with Crippen LogP contribution in [-0.4, -0.2) is 18.0 Å². The zero-order valence-corrected chi connectivity index (χ0v) is 19.7. The Hall–Kier alpha value is -4.84. The van der Waals surface area contributed by atoms with Crippen molar-refractivity contribution in [3.8, 4) is 23.0 Å². The number of benzene rings is 4. The highest BCUT2D eigenvalue weighted by Gasteiger charge is 2.13. The minimum atomic E-state index is -0.165. The fourth-order valence-corrected chi connectivity index (χ4v) is 3.75. The van der Waals surface area contributed by atoms with E-state index in [1.807, 2.05) is 60.7 Å². The third kappa shape index (κ3) is 5.28. The number of carbonyl (C=O) groups excluding carboxylic acids is 1. The number of fused-ring (bicyclic) bond motifs is 1. The van der Waals surface area contributed by atoms with Gasteiger partial charge in [-0.2, -0.15) is 0 Å². The van der Waals surface area contributed by atoms with Crippen molar-refractivity contribution < 1.29 is 19.0 Å². The van der Waals surface area contributed by atoms with Crippen LogP contribution in [-0.2, 0) is 6.61 Å². The van der Waals surface area contributed by atoms with Crippen molar-refractivity contribution in [2.75, 3.05) is 12.4 Å². The minimum Gasteiger partial charge on any atom is -0.493 e. The molecule has 6 heteroatoms. The van der Waals surface area contributed by atoms with Crippen molar-refractivity contribution in [3.05, 3.63) is 120 Å². The van der Waals surface area contributed by atoms with Crippen LogP contribution >= 0.6 is 0 Å². The van der Waals surface area contributed by atoms with E-state index in [0.717, 1.165) is 16.5 Å². The predicted octanol–water partition coefficient (Wildman–Crippen LogP) is 6.87. The van der Waals surface area contributed by atoms with Gasteiger partial charge in [0.05, 0.1) is 12.6 Å². The molecular weight excluding hydrogens is 452 g/mol. The molecule has 0 aliphatic rings. The molecular formula is C30H24N2O4. The molecule has 0 aliphatic carbocycles. The number of amides is 1. The van der Waals surface area contributed by atoms with Gasteiger partial charge in [0.1, 0.15) is 18.1 Å². The molecule has 1 heterocycles. The third-order valence-corrected chi connectivity index (χ3v) is 5.60. The quantitative estimate of drug-likeness (QED) is 0.265. The first-order chi connectivity index (χ1) is 17.7. The molecule has 0 fully saturated rings. The highest BCUT2D eigenvalue weighted by Crippen LogP contribution is 2.37. The van der Waals surface area contributed by atoms with Crippen LogP contribution in [0, 0.1) is 0 Å². The maximum absolute atomic E-state index is 12.4. The molecule has 5 rings (SSSR count). The Bertz CT molecular complexity index is 1470. The summed E-state index contributed by atoms with van der Waals surface area (Å²) in [5.41, 5.74) is 3.07. The molecule has 4 aromatic carbocycles. The summed E-state index contributed by atoms with van der Waals surface area (Å²) >= 11 is 0. The van der Waals surface area contributed by atoms with Gasteiger partial charge in [-0.05, 0) is 54.1 Å². The summed E-state index contributed by atoms with van der Waals surface area (Å²) in [5.74, 6) is 2.30. The topological polar surface area (TPSA) is 69.7 Å². The van der Waals surface area contributed by atoms with Gasteiger partial charge in [-0.15, -0.1) is 0 Å². The molecule has 1 N–H and O–H groups in total. The van der Waals surface area contributed by atoms with Crippen LogP contribution in [0.3, 0.4) is 0 Å². The van der Waals surface area contributed by atoms with E-state index in [1.54, 1.807) is 55.8 Å². The number of rotatable bonds is 8. The van der Waals surface area contributed by atoms with Gasteiger partial charge in [-0.25, -0.2) is 0 Å². The third-order valence-electron chi connectivity index (χ3n) is 5.60. The maximum atomic E-state index is 12.4. The zero-order valence-electron chi connectivity index (χ0n) is 19.7. The predicted molar refractivity (Wildman–Crippen MR) is 140 cm³/mol. The Balaban J connectivity index is 1.33. The fraction of sp³-hybridized carbons (Fsp3) is 0.0667.